The zero-order valence-corrected chi connectivity index (χ0v) is 11.8. The Labute approximate surface area is 112 Å². The van der Waals surface area contributed by atoms with Crippen molar-refractivity contribution >= 4 is 43.5 Å². The molecule has 88 valence electrons. The highest BCUT2D eigenvalue weighted by Gasteiger charge is 2.11. The second kappa shape index (κ2) is 5.12. The molecule has 0 aliphatic rings. The van der Waals surface area contributed by atoms with E-state index in [1.165, 1.54) is 6.21 Å². The van der Waals surface area contributed by atoms with Gasteiger partial charge in [-0.3, -0.25) is 0 Å². The zero-order chi connectivity index (χ0) is 12.3. The van der Waals surface area contributed by atoms with E-state index in [1.54, 1.807) is 29.6 Å². The molecule has 6 heteroatoms. The molecule has 0 fully saturated rings. The van der Waals surface area contributed by atoms with Crippen molar-refractivity contribution in [3.63, 3.8) is 0 Å². The Morgan fingerprint density at radius 2 is 1.88 bits per heavy atom. The molecule has 1 heterocycles. The van der Waals surface area contributed by atoms with Crippen molar-refractivity contribution in [1.29, 1.82) is 0 Å². The Bertz CT molecular complexity index is 616. The van der Waals surface area contributed by atoms with Crippen molar-refractivity contribution in [2.75, 3.05) is 0 Å². The van der Waals surface area contributed by atoms with Gasteiger partial charge in [-0.2, -0.15) is 12.8 Å². The van der Waals surface area contributed by atoms with E-state index in [1.807, 2.05) is 12.1 Å². The predicted octanol–water partition coefficient (Wildman–Crippen LogP) is 3.32. The molecule has 0 saturated carbocycles. The van der Waals surface area contributed by atoms with E-state index >= 15 is 0 Å². The van der Waals surface area contributed by atoms with Crippen LogP contribution in [0.3, 0.4) is 0 Å². The molecule has 0 bridgehead atoms. The quantitative estimate of drug-likeness (QED) is 0.811. The molecule has 2 rings (SSSR count). The average molecular weight is 330 g/mol. The lowest BCUT2D eigenvalue weighted by molar-refractivity contribution is 0.600. The van der Waals surface area contributed by atoms with Gasteiger partial charge in [0.25, 0.3) is 10.0 Å². The number of nitrogens with zero attached hydrogens (tertiary/aromatic N) is 1. The maximum atomic E-state index is 11.7. The molecule has 1 aromatic heterocycles. The Kier molecular flexibility index (Phi) is 3.76. The van der Waals surface area contributed by atoms with Gasteiger partial charge in [-0.25, -0.2) is 0 Å². The number of hydrogen-bond donors (Lipinski definition) is 0. The van der Waals surface area contributed by atoms with E-state index < -0.39 is 10.0 Å². The zero-order valence-electron chi connectivity index (χ0n) is 8.58. The summed E-state index contributed by atoms with van der Waals surface area (Å²) >= 11 is 4.46. The Hall–Kier alpha value is -0.980. The largest absolute Gasteiger partial charge is 0.291 e. The molecule has 0 radical (unpaired) electrons. The summed E-state index contributed by atoms with van der Waals surface area (Å²) < 4.78 is 28.3. The molecule has 0 unspecified atom stereocenters. The van der Waals surface area contributed by atoms with Crippen LogP contribution in [0.2, 0.25) is 0 Å². The van der Waals surface area contributed by atoms with Crippen LogP contribution in [-0.2, 0) is 10.0 Å². The lowest BCUT2D eigenvalue weighted by Gasteiger charge is -1.94. The average Bonchev–Trinajstić information content (AvgIpc) is 2.82. The fourth-order valence-electron chi connectivity index (χ4n) is 1.14. The van der Waals surface area contributed by atoms with E-state index in [0.29, 0.717) is 0 Å². The third-order valence-electron chi connectivity index (χ3n) is 1.96. The van der Waals surface area contributed by atoms with Crippen molar-refractivity contribution in [3.8, 4) is 0 Å². The molecule has 0 aliphatic heterocycles. The van der Waals surface area contributed by atoms with Crippen molar-refractivity contribution < 1.29 is 8.42 Å². The van der Waals surface area contributed by atoms with E-state index in [0.717, 1.165) is 21.4 Å². The predicted molar refractivity (Wildman–Crippen MR) is 73.2 cm³/mol. The molecular weight excluding hydrogens is 322 g/mol. The van der Waals surface area contributed by atoms with Crippen LogP contribution in [-0.4, -0.2) is 14.6 Å². The summed E-state index contributed by atoms with van der Waals surface area (Å²) in [6.45, 7) is 0. The number of thiophene rings is 1. The van der Waals surface area contributed by atoms with Gasteiger partial charge in [-0.05, 0) is 29.1 Å². The molecular formula is C11H8BrNO2S2. The van der Waals surface area contributed by atoms with Crippen molar-refractivity contribution in [1.82, 2.24) is 0 Å². The Balaban J connectivity index is 2.24. The number of benzene rings is 1. The monoisotopic (exact) mass is 329 g/mol. The van der Waals surface area contributed by atoms with Crippen molar-refractivity contribution in [2.45, 2.75) is 4.21 Å². The summed E-state index contributed by atoms with van der Waals surface area (Å²) in [6.07, 6.45) is 1.35. The molecule has 0 aliphatic carbocycles. The fourth-order valence-corrected chi connectivity index (χ4v) is 3.25. The van der Waals surface area contributed by atoms with Gasteiger partial charge < -0.3 is 0 Å². The molecule has 17 heavy (non-hydrogen) atoms. The number of rotatable bonds is 3. The summed E-state index contributed by atoms with van der Waals surface area (Å²) in [6, 6.07) is 10.5. The SMILES string of the molecule is O=S(=O)(N=Cc1ccc(Br)cc1)c1cccs1. The molecule has 0 saturated heterocycles. The van der Waals surface area contributed by atoms with E-state index in [4.69, 9.17) is 0 Å². The maximum Gasteiger partial charge on any atom is 0.291 e. The molecule has 3 nitrogen and oxygen atoms in total. The first-order chi connectivity index (χ1) is 8.08. The van der Waals surface area contributed by atoms with Crippen LogP contribution in [0.5, 0.6) is 0 Å². The summed E-state index contributed by atoms with van der Waals surface area (Å²) in [5, 5.41) is 1.71. The van der Waals surface area contributed by atoms with Gasteiger partial charge in [0.2, 0.25) is 0 Å². The highest BCUT2D eigenvalue weighted by Crippen LogP contribution is 2.18. The van der Waals surface area contributed by atoms with E-state index in [9.17, 15) is 8.42 Å². The smallest absolute Gasteiger partial charge is 0.198 e. The molecule has 0 N–H and O–H groups in total. The van der Waals surface area contributed by atoms with E-state index in [2.05, 4.69) is 20.3 Å². The van der Waals surface area contributed by atoms with Gasteiger partial charge >= 0.3 is 0 Å². The third-order valence-corrected chi connectivity index (χ3v) is 5.10. The van der Waals surface area contributed by atoms with Gasteiger partial charge in [-0.15, -0.1) is 11.3 Å². The van der Waals surface area contributed by atoms with Gasteiger partial charge in [0.15, 0.2) is 0 Å². The summed E-state index contributed by atoms with van der Waals surface area (Å²) in [5.41, 5.74) is 0.744. The highest BCUT2D eigenvalue weighted by molar-refractivity contribution is 9.10. The topological polar surface area (TPSA) is 46.5 Å². The molecule has 0 amide bonds. The van der Waals surface area contributed by atoms with Crippen molar-refractivity contribution in [3.05, 3.63) is 51.8 Å². The standard InChI is InChI=1S/C11H8BrNO2S2/c12-10-5-3-9(4-6-10)8-13-17(14,15)11-2-1-7-16-11/h1-8H. The number of sulfonamides is 1. The van der Waals surface area contributed by atoms with Crippen LogP contribution in [0.1, 0.15) is 5.56 Å². The number of halogens is 1. The molecule has 0 spiro atoms. The van der Waals surface area contributed by atoms with Crippen LogP contribution < -0.4 is 0 Å². The van der Waals surface area contributed by atoms with Gasteiger partial charge in [-0.1, -0.05) is 34.1 Å². The minimum atomic E-state index is -3.55. The first-order valence-corrected chi connectivity index (χ1v) is 7.79. The summed E-state index contributed by atoms with van der Waals surface area (Å²) in [5.74, 6) is 0. The number of hydrogen-bond acceptors (Lipinski definition) is 3. The fraction of sp³-hybridized carbons (Fsp3) is 0. The summed E-state index contributed by atoms with van der Waals surface area (Å²) in [4.78, 5) is 0. The van der Waals surface area contributed by atoms with Gasteiger partial charge in [0.1, 0.15) is 4.21 Å². The third kappa shape index (κ3) is 3.24. The summed E-state index contributed by atoms with van der Waals surface area (Å²) in [7, 11) is -3.55. The normalized spacial score (nSPS) is 12.1. The second-order valence-corrected chi connectivity index (χ2v) is 6.92. The van der Waals surface area contributed by atoms with Crippen LogP contribution in [0, 0.1) is 0 Å². The Morgan fingerprint density at radius 3 is 2.47 bits per heavy atom. The van der Waals surface area contributed by atoms with Crippen LogP contribution in [0.25, 0.3) is 0 Å². The first kappa shape index (κ1) is 12.5. The van der Waals surface area contributed by atoms with E-state index in [-0.39, 0.29) is 4.21 Å². The first-order valence-electron chi connectivity index (χ1n) is 4.67. The van der Waals surface area contributed by atoms with Crippen LogP contribution in [0.15, 0.2) is 54.9 Å². The van der Waals surface area contributed by atoms with Crippen LogP contribution in [0.4, 0.5) is 0 Å². The molecule has 1 aromatic carbocycles. The molecule has 0 atom stereocenters. The minimum Gasteiger partial charge on any atom is -0.198 e. The van der Waals surface area contributed by atoms with Gasteiger partial charge in [0.05, 0.1) is 0 Å². The van der Waals surface area contributed by atoms with Crippen LogP contribution >= 0.6 is 27.3 Å². The van der Waals surface area contributed by atoms with Gasteiger partial charge in [0, 0.05) is 10.7 Å². The van der Waals surface area contributed by atoms with Crippen molar-refractivity contribution in [2.24, 2.45) is 4.40 Å². The maximum absolute atomic E-state index is 11.7. The molecule has 2 aromatic rings. The highest BCUT2D eigenvalue weighted by atomic mass is 79.9. The Morgan fingerprint density at radius 1 is 1.18 bits per heavy atom. The second-order valence-electron chi connectivity index (χ2n) is 3.19. The minimum absolute atomic E-state index is 0.255. The lowest BCUT2D eigenvalue weighted by atomic mass is 10.2. The lowest BCUT2D eigenvalue weighted by Crippen LogP contribution is -1.94.